The molecule has 7 heteroatoms. The van der Waals surface area contributed by atoms with E-state index >= 15 is 0 Å². The molecule has 5 nitrogen and oxygen atoms in total. The summed E-state index contributed by atoms with van der Waals surface area (Å²) in [6.07, 6.45) is 1.81. The van der Waals surface area contributed by atoms with Crippen LogP contribution in [-0.2, 0) is 11.2 Å². The van der Waals surface area contributed by atoms with Crippen LogP contribution < -0.4 is 10.5 Å². The van der Waals surface area contributed by atoms with Crippen molar-refractivity contribution in [1.82, 2.24) is 9.88 Å². The molecule has 2 aromatic rings. The Kier molecular flexibility index (Phi) is 7.85. The van der Waals surface area contributed by atoms with Crippen LogP contribution in [0.3, 0.4) is 0 Å². The zero-order chi connectivity index (χ0) is 15.9. The number of benzene rings is 1. The van der Waals surface area contributed by atoms with Crippen molar-refractivity contribution in [2.75, 3.05) is 25.9 Å². The maximum absolute atomic E-state index is 12.1. The Morgan fingerprint density at radius 3 is 2.57 bits per heavy atom. The lowest BCUT2D eigenvalue weighted by Crippen LogP contribution is -2.32. The van der Waals surface area contributed by atoms with Gasteiger partial charge in [-0.3, -0.25) is 9.78 Å². The maximum Gasteiger partial charge on any atom is 0.228 e. The minimum atomic E-state index is -0.00308. The second kappa shape index (κ2) is 9.37. The van der Waals surface area contributed by atoms with Crippen molar-refractivity contribution in [3.8, 4) is 5.75 Å². The zero-order valence-electron chi connectivity index (χ0n) is 12.7. The molecule has 0 saturated heterocycles. The molecule has 1 amide bonds. The Labute approximate surface area is 150 Å². The molecule has 0 aliphatic heterocycles. The Balaban J connectivity index is 0.00000264. The van der Waals surface area contributed by atoms with Gasteiger partial charge in [0, 0.05) is 17.2 Å². The molecule has 0 saturated carbocycles. The van der Waals surface area contributed by atoms with Gasteiger partial charge in [-0.25, -0.2) is 0 Å². The molecule has 2 rings (SSSR count). The summed E-state index contributed by atoms with van der Waals surface area (Å²) in [7, 11) is 1.75. The lowest BCUT2D eigenvalue weighted by Gasteiger charge is -2.17. The number of likely N-dealkylation sites (N-methyl/N-ethyl adjacent to an activating group) is 1. The minimum Gasteiger partial charge on any atom is -0.492 e. The fraction of sp³-hybridized carbons (Fsp3) is 0.250. The molecule has 0 aliphatic carbocycles. The first-order chi connectivity index (χ1) is 10.5. The van der Waals surface area contributed by atoms with Crippen LogP contribution in [0.5, 0.6) is 5.75 Å². The number of rotatable bonds is 6. The molecule has 0 bridgehead atoms. The number of nitrogens with two attached hydrogens (primary N) is 1. The number of hydrogen-bond acceptors (Lipinski definition) is 4. The third-order valence-electron chi connectivity index (χ3n) is 3.11. The van der Waals surface area contributed by atoms with Crippen LogP contribution >= 0.6 is 28.3 Å². The second-order valence-corrected chi connectivity index (χ2v) is 5.79. The Bertz CT molecular complexity index is 620. The van der Waals surface area contributed by atoms with Gasteiger partial charge >= 0.3 is 0 Å². The normalized spacial score (nSPS) is 9.83. The number of nitrogen functional groups attached to an aromatic ring is 1. The third-order valence-corrected chi connectivity index (χ3v) is 3.64. The third kappa shape index (κ3) is 6.46. The Morgan fingerprint density at radius 1 is 1.26 bits per heavy atom. The van der Waals surface area contributed by atoms with Gasteiger partial charge in [-0.1, -0.05) is 15.9 Å². The number of anilines is 1. The van der Waals surface area contributed by atoms with Gasteiger partial charge < -0.3 is 15.4 Å². The van der Waals surface area contributed by atoms with E-state index in [0.29, 0.717) is 24.5 Å². The molecule has 2 N–H and O–H groups in total. The highest BCUT2D eigenvalue weighted by atomic mass is 79.9. The van der Waals surface area contributed by atoms with E-state index in [1.54, 1.807) is 30.3 Å². The van der Waals surface area contributed by atoms with Gasteiger partial charge in [0.2, 0.25) is 5.91 Å². The van der Waals surface area contributed by atoms with E-state index < -0.39 is 0 Å². The van der Waals surface area contributed by atoms with E-state index in [0.717, 1.165) is 10.2 Å². The second-order valence-electron chi connectivity index (χ2n) is 4.88. The van der Waals surface area contributed by atoms with Gasteiger partial charge in [0.25, 0.3) is 0 Å². The van der Waals surface area contributed by atoms with E-state index in [9.17, 15) is 4.79 Å². The van der Waals surface area contributed by atoms with E-state index in [1.807, 2.05) is 24.3 Å². The first-order valence-electron chi connectivity index (χ1n) is 6.87. The molecule has 0 fully saturated rings. The SMILES string of the molecule is CN(CCOc1ccc(Br)cc1)C(=O)Cc1ccc(N)cn1.Cl. The molecular weight excluding hydrogens is 382 g/mol. The summed E-state index contributed by atoms with van der Waals surface area (Å²) in [5.41, 5.74) is 6.87. The van der Waals surface area contributed by atoms with Gasteiger partial charge in [-0.15, -0.1) is 12.4 Å². The van der Waals surface area contributed by atoms with Crippen molar-refractivity contribution in [3.05, 3.63) is 52.8 Å². The summed E-state index contributed by atoms with van der Waals surface area (Å²) >= 11 is 3.37. The molecule has 0 aliphatic rings. The van der Waals surface area contributed by atoms with E-state index in [1.165, 1.54) is 0 Å². The van der Waals surface area contributed by atoms with Crippen molar-refractivity contribution >= 4 is 39.9 Å². The number of hydrogen-bond donors (Lipinski definition) is 1. The van der Waals surface area contributed by atoms with Gasteiger partial charge in [-0.05, 0) is 36.4 Å². The van der Waals surface area contributed by atoms with Crippen LogP contribution in [0.1, 0.15) is 5.69 Å². The summed E-state index contributed by atoms with van der Waals surface area (Å²) in [6.45, 7) is 0.961. The number of pyridine rings is 1. The van der Waals surface area contributed by atoms with E-state index in [4.69, 9.17) is 10.5 Å². The first kappa shape index (κ1) is 19.3. The first-order valence-corrected chi connectivity index (χ1v) is 7.66. The molecular formula is C16H19BrClN3O2. The topological polar surface area (TPSA) is 68.5 Å². The van der Waals surface area contributed by atoms with Gasteiger partial charge in [0.15, 0.2) is 0 Å². The van der Waals surface area contributed by atoms with Crippen molar-refractivity contribution in [3.63, 3.8) is 0 Å². The fourth-order valence-corrected chi connectivity index (χ4v) is 2.05. The van der Waals surface area contributed by atoms with Crippen LogP contribution in [0, 0.1) is 0 Å². The monoisotopic (exact) mass is 399 g/mol. The highest BCUT2D eigenvalue weighted by Gasteiger charge is 2.10. The Hall–Kier alpha value is -1.79. The molecule has 23 heavy (non-hydrogen) atoms. The highest BCUT2D eigenvalue weighted by molar-refractivity contribution is 9.10. The summed E-state index contributed by atoms with van der Waals surface area (Å²) in [5, 5.41) is 0. The van der Waals surface area contributed by atoms with Crippen molar-refractivity contribution < 1.29 is 9.53 Å². The van der Waals surface area contributed by atoms with Crippen molar-refractivity contribution in [1.29, 1.82) is 0 Å². The van der Waals surface area contributed by atoms with Crippen LogP contribution in [-0.4, -0.2) is 36.0 Å². The number of amides is 1. The molecule has 0 radical (unpaired) electrons. The zero-order valence-corrected chi connectivity index (χ0v) is 15.1. The predicted octanol–water partition coefficient (Wildman–Crippen LogP) is 2.93. The van der Waals surface area contributed by atoms with Gasteiger partial charge in [0.1, 0.15) is 12.4 Å². The summed E-state index contributed by atoms with van der Waals surface area (Å²) in [6, 6.07) is 11.1. The summed E-state index contributed by atoms with van der Waals surface area (Å²) < 4.78 is 6.60. The number of carbonyl (C=O) groups is 1. The quantitative estimate of drug-likeness (QED) is 0.809. The predicted molar refractivity (Wildman–Crippen MR) is 96.9 cm³/mol. The van der Waals surface area contributed by atoms with Crippen LogP contribution in [0.2, 0.25) is 0 Å². The minimum absolute atomic E-state index is 0. The molecule has 0 unspecified atom stereocenters. The average Bonchev–Trinajstić information content (AvgIpc) is 2.51. The maximum atomic E-state index is 12.1. The molecule has 124 valence electrons. The highest BCUT2D eigenvalue weighted by Crippen LogP contribution is 2.15. The molecule has 0 spiro atoms. The number of halogens is 2. The van der Waals surface area contributed by atoms with Gasteiger partial charge in [0.05, 0.1) is 24.8 Å². The Morgan fingerprint density at radius 2 is 1.96 bits per heavy atom. The number of aromatic nitrogens is 1. The molecule has 0 atom stereocenters. The fourth-order valence-electron chi connectivity index (χ4n) is 1.79. The van der Waals surface area contributed by atoms with Crippen molar-refractivity contribution in [2.24, 2.45) is 0 Å². The molecule has 1 aromatic heterocycles. The average molecular weight is 401 g/mol. The lowest BCUT2D eigenvalue weighted by atomic mass is 10.2. The van der Waals surface area contributed by atoms with Crippen molar-refractivity contribution in [2.45, 2.75) is 6.42 Å². The van der Waals surface area contributed by atoms with Crippen LogP contribution in [0.4, 0.5) is 5.69 Å². The van der Waals surface area contributed by atoms with Gasteiger partial charge in [-0.2, -0.15) is 0 Å². The summed E-state index contributed by atoms with van der Waals surface area (Å²) in [5.74, 6) is 0.779. The standard InChI is InChI=1S/C16H18BrN3O2.ClH/c1-20(8-9-22-15-6-2-12(17)3-7-15)16(21)10-14-5-4-13(18)11-19-14;/h2-7,11H,8-10,18H2,1H3;1H. The largest absolute Gasteiger partial charge is 0.492 e. The van der Waals surface area contributed by atoms with E-state index in [2.05, 4.69) is 20.9 Å². The number of nitrogens with zero attached hydrogens (tertiary/aromatic N) is 2. The number of ether oxygens (including phenoxy) is 1. The van der Waals surface area contributed by atoms with Crippen LogP contribution in [0.15, 0.2) is 47.1 Å². The molecule has 1 aromatic carbocycles. The van der Waals surface area contributed by atoms with Crippen LogP contribution in [0.25, 0.3) is 0 Å². The lowest BCUT2D eigenvalue weighted by molar-refractivity contribution is -0.129. The molecule has 1 heterocycles. The van der Waals surface area contributed by atoms with E-state index in [-0.39, 0.29) is 24.7 Å². The smallest absolute Gasteiger partial charge is 0.228 e. The summed E-state index contributed by atoms with van der Waals surface area (Å²) in [4.78, 5) is 17.8. The number of carbonyl (C=O) groups excluding carboxylic acids is 1.